The maximum Gasteiger partial charge on any atom is 0.341 e. The molecule has 0 aliphatic heterocycles. The van der Waals surface area contributed by atoms with Gasteiger partial charge >= 0.3 is 5.97 Å². The average Bonchev–Trinajstić information content (AvgIpc) is 2.66. The number of rotatable bonds is 2. The van der Waals surface area contributed by atoms with Crippen LogP contribution in [-0.4, -0.2) is 16.2 Å². The molecule has 1 N–H and O–H groups in total. The number of aromatic nitrogens is 1. The van der Waals surface area contributed by atoms with Gasteiger partial charge in [-0.3, -0.25) is 0 Å². The third kappa shape index (κ3) is 1.71. The van der Waals surface area contributed by atoms with Gasteiger partial charge in [-0.2, -0.15) is 0 Å². The molecule has 16 heavy (non-hydrogen) atoms. The minimum absolute atomic E-state index is 0.0531. The molecule has 2 aromatic rings. The monoisotopic (exact) mass is 285 g/mol. The number of nitrogens with zero attached hydrogens (tertiary/aromatic N) is 1. The highest BCUT2D eigenvalue weighted by Crippen LogP contribution is 2.32. The lowest BCUT2D eigenvalue weighted by molar-refractivity contribution is 0.0697. The smallest absolute Gasteiger partial charge is 0.341 e. The fraction of sp³-hybridized carbons (Fsp3) is 0. The number of halogens is 2. The molecule has 4 nitrogen and oxygen atoms in total. The molecule has 0 bridgehead atoms. The Morgan fingerprint density at radius 2 is 2.25 bits per heavy atom. The number of carbonyl (C=O) groups is 1. The van der Waals surface area contributed by atoms with Gasteiger partial charge in [-0.25, -0.2) is 9.18 Å². The van der Waals surface area contributed by atoms with E-state index in [1.54, 1.807) is 6.07 Å². The second-order valence-corrected chi connectivity index (χ2v) is 3.82. The lowest BCUT2D eigenvalue weighted by Crippen LogP contribution is -1.97. The summed E-state index contributed by atoms with van der Waals surface area (Å²) in [5, 5.41) is 12.2. The Labute approximate surface area is 97.8 Å². The first kappa shape index (κ1) is 10.8. The zero-order chi connectivity index (χ0) is 11.7. The molecule has 1 aromatic carbocycles. The molecule has 6 heteroatoms. The second kappa shape index (κ2) is 4.05. The van der Waals surface area contributed by atoms with E-state index in [9.17, 15) is 9.18 Å². The van der Waals surface area contributed by atoms with Gasteiger partial charge in [0.1, 0.15) is 11.4 Å². The van der Waals surface area contributed by atoms with E-state index in [4.69, 9.17) is 9.63 Å². The van der Waals surface area contributed by atoms with E-state index in [0.29, 0.717) is 4.47 Å². The predicted octanol–water partition coefficient (Wildman–Crippen LogP) is 2.94. The van der Waals surface area contributed by atoms with Crippen LogP contribution in [-0.2, 0) is 0 Å². The van der Waals surface area contributed by atoms with Gasteiger partial charge in [0.2, 0.25) is 0 Å². The summed E-state index contributed by atoms with van der Waals surface area (Å²) in [6, 6.07) is 4.31. The Morgan fingerprint density at radius 3 is 2.88 bits per heavy atom. The summed E-state index contributed by atoms with van der Waals surface area (Å²) in [6.45, 7) is 0. The Kier molecular flexibility index (Phi) is 2.74. The first-order chi connectivity index (χ1) is 7.61. The Bertz CT molecular complexity index is 532. The molecule has 0 saturated carbocycles. The Balaban J connectivity index is 2.68. The number of carboxylic acids is 1. The molecule has 0 unspecified atom stereocenters. The van der Waals surface area contributed by atoms with E-state index in [2.05, 4.69) is 21.1 Å². The van der Waals surface area contributed by atoms with Crippen LogP contribution < -0.4 is 0 Å². The van der Waals surface area contributed by atoms with Gasteiger partial charge in [-0.15, -0.1) is 0 Å². The van der Waals surface area contributed by atoms with Crippen LogP contribution in [0.4, 0.5) is 4.39 Å². The topological polar surface area (TPSA) is 63.3 Å². The van der Waals surface area contributed by atoms with Crippen LogP contribution in [0.2, 0.25) is 0 Å². The summed E-state index contributed by atoms with van der Waals surface area (Å²) in [7, 11) is 0. The molecule has 1 aromatic heterocycles. The van der Waals surface area contributed by atoms with Crippen LogP contribution in [0.3, 0.4) is 0 Å². The number of benzene rings is 1. The van der Waals surface area contributed by atoms with Crippen LogP contribution in [0.15, 0.2) is 33.4 Å². The standard InChI is InChI=1S/C10H5BrFNO3/c11-6-2-1-3-7(12)8(6)9-5(10(14)15)4-13-16-9/h1-4H,(H,14,15). The lowest BCUT2D eigenvalue weighted by Gasteiger charge is -2.02. The largest absolute Gasteiger partial charge is 0.477 e. The van der Waals surface area contributed by atoms with Crippen molar-refractivity contribution in [2.24, 2.45) is 0 Å². The fourth-order valence-corrected chi connectivity index (χ4v) is 1.81. The zero-order valence-electron chi connectivity index (χ0n) is 7.78. The number of carboxylic acid groups (broad SMARTS) is 1. The molecule has 1 heterocycles. The average molecular weight is 286 g/mol. The predicted molar refractivity (Wildman–Crippen MR) is 56.6 cm³/mol. The van der Waals surface area contributed by atoms with Crippen LogP contribution in [0.25, 0.3) is 11.3 Å². The molecule has 0 spiro atoms. The SMILES string of the molecule is O=C(O)c1cnoc1-c1c(F)cccc1Br. The van der Waals surface area contributed by atoms with Crippen molar-refractivity contribution in [3.63, 3.8) is 0 Å². The number of hydrogen-bond acceptors (Lipinski definition) is 3. The summed E-state index contributed by atoms with van der Waals surface area (Å²) in [4.78, 5) is 10.8. The van der Waals surface area contributed by atoms with Crippen molar-refractivity contribution in [1.82, 2.24) is 5.16 Å². The highest BCUT2D eigenvalue weighted by molar-refractivity contribution is 9.10. The van der Waals surface area contributed by atoms with Crippen molar-refractivity contribution in [2.45, 2.75) is 0 Å². The van der Waals surface area contributed by atoms with E-state index in [-0.39, 0.29) is 16.9 Å². The first-order valence-electron chi connectivity index (χ1n) is 4.23. The molecule has 0 saturated heterocycles. The number of aromatic carboxylic acids is 1. The molecule has 0 amide bonds. The van der Waals surface area contributed by atoms with Gasteiger partial charge in [-0.1, -0.05) is 11.2 Å². The lowest BCUT2D eigenvalue weighted by atomic mass is 10.1. The fourth-order valence-electron chi connectivity index (χ4n) is 1.29. The molecule has 0 atom stereocenters. The van der Waals surface area contributed by atoms with E-state index >= 15 is 0 Å². The van der Waals surface area contributed by atoms with E-state index < -0.39 is 11.8 Å². The van der Waals surface area contributed by atoms with Gasteiger partial charge in [0, 0.05) is 4.47 Å². The highest BCUT2D eigenvalue weighted by Gasteiger charge is 2.21. The minimum Gasteiger partial charge on any atom is -0.477 e. The van der Waals surface area contributed by atoms with Crippen molar-refractivity contribution in [3.05, 3.63) is 40.2 Å². The minimum atomic E-state index is -1.22. The number of hydrogen-bond donors (Lipinski definition) is 1. The second-order valence-electron chi connectivity index (χ2n) is 2.97. The van der Waals surface area contributed by atoms with Crippen molar-refractivity contribution < 1.29 is 18.8 Å². The summed E-state index contributed by atoms with van der Waals surface area (Å²) in [5.41, 5.74) is -0.122. The van der Waals surface area contributed by atoms with Gasteiger partial charge in [-0.05, 0) is 28.1 Å². The van der Waals surface area contributed by atoms with Crippen molar-refractivity contribution in [2.75, 3.05) is 0 Å². The quantitative estimate of drug-likeness (QED) is 0.921. The molecular formula is C10H5BrFNO3. The van der Waals surface area contributed by atoms with Crippen LogP contribution in [0, 0.1) is 5.82 Å². The van der Waals surface area contributed by atoms with Gasteiger partial charge in [0.05, 0.1) is 11.8 Å². The summed E-state index contributed by atoms with van der Waals surface area (Å²) >= 11 is 3.13. The van der Waals surface area contributed by atoms with Crippen molar-refractivity contribution in [1.29, 1.82) is 0 Å². The van der Waals surface area contributed by atoms with Crippen LogP contribution in [0.1, 0.15) is 10.4 Å². The summed E-state index contributed by atoms with van der Waals surface area (Å²) < 4.78 is 18.7. The van der Waals surface area contributed by atoms with E-state index in [1.165, 1.54) is 12.1 Å². The molecule has 0 fully saturated rings. The molecule has 82 valence electrons. The maximum atomic E-state index is 13.5. The third-order valence-electron chi connectivity index (χ3n) is 1.99. The maximum absolute atomic E-state index is 13.5. The molecule has 2 rings (SSSR count). The molecule has 0 radical (unpaired) electrons. The first-order valence-corrected chi connectivity index (χ1v) is 5.03. The van der Waals surface area contributed by atoms with E-state index in [0.717, 1.165) is 6.20 Å². The van der Waals surface area contributed by atoms with Gasteiger partial charge in [0.15, 0.2) is 5.76 Å². The van der Waals surface area contributed by atoms with Gasteiger partial charge < -0.3 is 9.63 Å². The van der Waals surface area contributed by atoms with E-state index in [1.807, 2.05) is 0 Å². The van der Waals surface area contributed by atoms with Crippen LogP contribution in [0.5, 0.6) is 0 Å². The zero-order valence-corrected chi connectivity index (χ0v) is 9.36. The summed E-state index contributed by atoms with van der Waals surface area (Å²) in [5.74, 6) is -1.89. The van der Waals surface area contributed by atoms with Crippen molar-refractivity contribution in [3.8, 4) is 11.3 Å². The van der Waals surface area contributed by atoms with Crippen molar-refractivity contribution >= 4 is 21.9 Å². The molecule has 0 aliphatic carbocycles. The Morgan fingerprint density at radius 1 is 1.50 bits per heavy atom. The normalized spacial score (nSPS) is 10.4. The van der Waals surface area contributed by atoms with Gasteiger partial charge in [0.25, 0.3) is 0 Å². The molecule has 0 aliphatic rings. The third-order valence-corrected chi connectivity index (χ3v) is 2.65. The Hall–Kier alpha value is -1.69. The van der Waals surface area contributed by atoms with Crippen LogP contribution >= 0.6 is 15.9 Å². The highest BCUT2D eigenvalue weighted by atomic mass is 79.9. The molecular weight excluding hydrogens is 281 g/mol. The summed E-state index contributed by atoms with van der Waals surface area (Å²) in [6.07, 6.45) is 1.04.